The van der Waals surface area contributed by atoms with Gasteiger partial charge in [-0.25, -0.2) is 4.98 Å². The molecule has 0 bridgehead atoms. The normalized spacial score (nSPS) is 10.9. The van der Waals surface area contributed by atoms with Crippen molar-refractivity contribution in [1.29, 1.82) is 0 Å². The molecule has 0 aliphatic rings. The van der Waals surface area contributed by atoms with E-state index in [-0.39, 0.29) is 0 Å². The minimum Gasteiger partial charge on any atom is -0.332 e. The van der Waals surface area contributed by atoms with Crippen molar-refractivity contribution in [2.75, 3.05) is 5.32 Å². The highest BCUT2D eigenvalue weighted by molar-refractivity contribution is 7.98. The van der Waals surface area contributed by atoms with Gasteiger partial charge in [0.25, 0.3) is 0 Å². The molecule has 7 heteroatoms. The smallest absolute Gasteiger partial charge is 0.191 e. The zero-order chi connectivity index (χ0) is 18.6. The van der Waals surface area contributed by atoms with Crippen molar-refractivity contribution in [1.82, 2.24) is 19.7 Å². The molecule has 0 unspecified atom stereocenters. The molecule has 5 nitrogen and oxygen atoms in total. The molecule has 0 atom stereocenters. The third-order valence-corrected chi connectivity index (χ3v) is 5.90. The Labute approximate surface area is 166 Å². The first kappa shape index (κ1) is 17.8. The van der Waals surface area contributed by atoms with Gasteiger partial charge in [0.2, 0.25) is 0 Å². The average molecular weight is 394 g/mol. The fourth-order valence-corrected chi connectivity index (χ4v) is 4.33. The van der Waals surface area contributed by atoms with Crippen LogP contribution in [0.15, 0.2) is 65.1 Å². The van der Waals surface area contributed by atoms with Crippen LogP contribution in [0.3, 0.4) is 0 Å². The first-order chi connectivity index (χ1) is 13.2. The Balaban J connectivity index is 1.42. The van der Waals surface area contributed by atoms with Gasteiger partial charge in [0.05, 0.1) is 5.69 Å². The van der Waals surface area contributed by atoms with Crippen LogP contribution in [0, 0.1) is 6.92 Å². The molecule has 0 radical (unpaired) electrons. The van der Waals surface area contributed by atoms with Crippen molar-refractivity contribution in [2.45, 2.75) is 17.8 Å². The Morgan fingerprint density at radius 3 is 2.74 bits per heavy atom. The number of aryl methyl sites for hydroxylation is 1. The van der Waals surface area contributed by atoms with E-state index in [9.17, 15) is 0 Å². The van der Waals surface area contributed by atoms with Crippen molar-refractivity contribution >= 4 is 33.9 Å². The number of para-hydroxylation sites is 1. The lowest BCUT2D eigenvalue weighted by Crippen LogP contribution is -1.95. The van der Waals surface area contributed by atoms with Gasteiger partial charge in [-0.05, 0) is 25.1 Å². The molecular formula is C20H19N5S2. The van der Waals surface area contributed by atoms with Crippen molar-refractivity contribution < 1.29 is 0 Å². The second-order valence-corrected chi connectivity index (χ2v) is 7.96. The summed E-state index contributed by atoms with van der Waals surface area (Å²) in [6.45, 7) is 2.08. The number of thiazole rings is 1. The Bertz CT molecular complexity index is 1040. The number of nitrogens with one attached hydrogen (secondary N) is 1. The Hall–Kier alpha value is -2.64. The number of thioether (sulfide) groups is 1. The summed E-state index contributed by atoms with van der Waals surface area (Å²) >= 11 is 3.25. The summed E-state index contributed by atoms with van der Waals surface area (Å²) in [5.41, 5.74) is 4.37. The Kier molecular flexibility index (Phi) is 5.22. The second kappa shape index (κ2) is 7.94. The number of hydrogen-bond acceptors (Lipinski definition) is 6. The summed E-state index contributed by atoms with van der Waals surface area (Å²) < 4.78 is 2.04. The van der Waals surface area contributed by atoms with E-state index in [1.807, 2.05) is 48.0 Å². The molecule has 2 aromatic carbocycles. The molecule has 0 fully saturated rings. The highest BCUT2D eigenvalue weighted by atomic mass is 32.2. The first-order valence-corrected chi connectivity index (χ1v) is 10.4. The fraction of sp³-hybridized carbons (Fsp3) is 0.150. The van der Waals surface area contributed by atoms with Crippen LogP contribution in [0.2, 0.25) is 0 Å². The molecular weight excluding hydrogens is 374 g/mol. The zero-order valence-corrected chi connectivity index (χ0v) is 16.7. The van der Waals surface area contributed by atoms with Gasteiger partial charge < -0.3 is 9.88 Å². The van der Waals surface area contributed by atoms with Crippen LogP contribution in [0.4, 0.5) is 10.8 Å². The van der Waals surface area contributed by atoms with E-state index in [2.05, 4.69) is 51.0 Å². The monoisotopic (exact) mass is 393 g/mol. The Morgan fingerprint density at radius 1 is 1.07 bits per heavy atom. The standard InChI is InChI=1S/C20H19N5S2/c1-14-7-6-8-15(11-14)18-23-24-20(25(18)2)27-13-17-12-26-19(22-17)21-16-9-4-3-5-10-16/h3-12H,13H2,1-2H3,(H,21,22). The van der Waals surface area contributed by atoms with Gasteiger partial charge in [0.1, 0.15) is 0 Å². The number of anilines is 2. The highest BCUT2D eigenvalue weighted by Crippen LogP contribution is 2.28. The Morgan fingerprint density at radius 2 is 1.93 bits per heavy atom. The van der Waals surface area contributed by atoms with Gasteiger partial charge in [0.15, 0.2) is 16.1 Å². The van der Waals surface area contributed by atoms with Crippen LogP contribution in [0.25, 0.3) is 11.4 Å². The van der Waals surface area contributed by atoms with Crippen molar-refractivity contribution in [3.8, 4) is 11.4 Å². The van der Waals surface area contributed by atoms with Crippen LogP contribution in [0.1, 0.15) is 11.3 Å². The lowest BCUT2D eigenvalue weighted by Gasteiger charge is -2.04. The molecule has 0 aliphatic heterocycles. The number of rotatable bonds is 6. The molecule has 2 heterocycles. The van der Waals surface area contributed by atoms with E-state index < -0.39 is 0 Å². The predicted molar refractivity (Wildman–Crippen MR) is 113 cm³/mol. The van der Waals surface area contributed by atoms with Gasteiger partial charge in [-0.15, -0.1) is 21.5 Å². The number of hydrogen-bond donors (Lipinski definition) is 1. The summed E-state index contributed by atoms with van der Waals surface area (Å²) in [5.74, 6) is 1.64. The third kappa shape index (κ3) is 4.20. The molecule has 2 aromatic heterocycles. The quantitative estimate of drug-likeness (QED) is 0.452. The summed E-state index contributed by atoms with van der Waals surface area (Å²) in [7, 11) is 2.00. The van der Waals surface area contributed by atoms with Crippen LogP contribution in [-0.2, 0) is 12.8 Å². The predicted octanol–water partition coefficient (Wildman–Crippen LogP) is 5.28. The summed E-state index contributed by atoms with van der Waals surface area (Å²) in [5, 5.41) is 15.9. The maximum absolute atomic E-state index is 4.66. The minimum atomic E-state index is 0.757. The lowest BCUT2D eigenvalue weighted by molar-refractivity contribution is 0.793. The van der Waals surface area contributed by atoms with Crippen molar-refractivity contribution in [3.63, 3.8) is 0 Å². The van der Waals surface area contributed by atoms with Gasteiger partial charge in [-0.3, -0.25) is 0 Å². The minimum absolute atomic E-state index is 0.757. The van der Waals surface area contributed by atoms with Gasteiger partial charge in [0, 0.05) is 29.4 Å². The van der Waals surface area contributed by atoms with Gasteiger partial charge >= 0.3 is 0 Å². The number of benzene rings is 2. The van der Waals surface area contributed by atoms with Crippen LogP contribution in [0.5, 0.6) is 0 Å². The molecule has 136 valence electrons. The second-order valence-electron chi connectivity index (χ2n) is 6.16. The van der Waals surface area contributed by atoms with Crippen molar-refractivity contribution in [3.05, 3.63) is 71.2 Å². The number of nitrogens with zero attached hydrogens (tertiary/aromatic N) is 4. The molecule has 0 saturated carbocycles. The van der Waals surface area contributed by atoms with Crippen LogP contribution >= 0.6 is 23.1 Å². The lowest BCUT2D eigenvalue weighted by atomic mass is 10.1. The van der Waals surface area contributed by atoms with Crippen molar-refractivity contribution in [2.24, 2.45) is 7.05 Å². The molecule has 27 heavy (non-hydrogen) atoms. The summed E-state index contributed by atoms with van der Waals surface area (Å²) in [6.07, 6.45) is 0. The van der Waals surface area contributed by atoms with E-state index in [0.717, 1.165) is 38.8 Å². The van der Waals surface area contributed by atoms with Crippen LogP contribution < -0.4 is 5.32 Å². The van der Waals surface area contributed by atoms with E-state index >= 15 is 0 Å². The molecule has 4 rings (SSSR count). The van der Waals surface area contributed by atoms with Gasteiger partial charge in [-0.1, -0.05) is 53.7 Å². The molecule has 4 aromatic rings. The molecule has 0 aliphatic carbocycles. The molecule has 0 amide bonds. The van der Waals surface area contributed by atoms with Crippen LogP contribution in [-0.4, -0.2) is 19.7 Å². The topological polar surface area (TPSA) is 55.6 Å². The van der Waals surface area contributed by atoms with E-state index in [4.69, 9.17) is 0 Å². The number of aromatic nitrogens is 4. The summed E-state index contributed by atoms with van der Waals surface area (Å²) in [4.78, 5) is 4.66. The fourth-order valence-electron chi connectivity index (χ4n) is 2.69. The third-order valence-electron chi connectivity index (χ3n) is 4.04. The maximum Gasteiger partial charge on any atom is 0.191 e. The molecule has 0 saturated heterocycles. The van der Waals surface area contributed by atoms with Gasteiger partial charge in [-0.2, -0.15) is 0 Å². The molecule has 1 N–H and O–H groups in total. The summed E-state index contributed by atoms with van der Waals surface area (Å²) in [6, 6.07) is 18.4. The molecule has 0 spiro atoms. The average Bonchev–Trinajstić information content (AvgIpc) is 3.27. The van der Waals surface area contributed by atoms with E-state index in [1.54, 1.807) is 23.1 Å². The zero-order valence-electron chi connectivity index (χ0n) is 15.1. The maximum atomic E-state index is 4.66. The van der Waals surface area contributed by atoms with E-state index in [1.165, 1.54) is 5.56 Å². The highest BCUT2D eigenvalue weighted by Gasteiger charge is 2.12. The first-order valence-electron chi connectivity index (χ1n) is 8.55. The largest absolute Gasteiger partial charge is 0.332 e. The SMILES string of the molecule is Cc1cccc(-c2nnc(SCc3csc(Nc4ccccc4)n3)n2C)c1. The van der Waals surface area contributed by atoms with E-state index in [0.29, 0.717) is 0 Å².